The highest BCUT2D eigenvalue weighted by atomic mass is 35.5. The first-order valence-corrected chi connectivity index (χ1v) is 5.66. The minimum Gasteiger partial charge on any atom is -0.302 e. The molecule has 0 saturated carbocycles. The Balaban J connectivity index is 3.34. The van der Waals surface area contributed by atoms with Crippen LogP contribution in [-0.2, 0) is 0 Å². The maximum atomic E-state index is 5.70. The minimum atomic E-state index is 0.770. The van der Waals surface area contributed by atoms with Crippen molar-refractivity contribution in [1.82, 2.24) is 4.90 Å². The SMILES string of the molecule is CCCCCN(CCC)CCCl. The van der Waals surface area contributed by atoms with Gasteiger partial charge in [0.05, 0.1) is 0 Å². The van der Waals surface area contributed by atoms with Gasteiger partial charge in [0.1, 0.15) is 0 Å². The maximum Gasteiger partial charge on any atom is 0.0351 e. The van der Waals surface area contributed by atoms with Gasteiger partial charge in [-0.1, -0.05) is 26.7 Å². The summed E-state index contributed by atoms with van der Waals surface area (Å²) in [5, 5.41) is 0. The van der Waals surface area contributed by atoms with E-state index in [1.165, 1.54) is 38.8 Å². The second-order valence-corrected chi connectivity index (χ2v) is 3.62. The van der Waals surface area contributed by atoms with Crippen molar-refractivity contribution in [2.75, 3.05) is 25.5 Å². The highest BCUT2D eigenvalue weighted by Gasteiger charge is 2.00. The number of hydrogen-bond donors (Lipinski definition) is 0. The molecule has 0 bridgehead atoms. The summed E-state index contributed by atoms with van der Waals surface area (Å²) < 4.78 is 0. The van der Waals surface area contributed by atoms with Gasteiger partial charge in [-0.3, -0.25) is 0 Å². The van der Waals surface area contributed by atoms with Crippen LogP contribution >= 0.6 is 11.6 Å². The van der Waals surface area contributed by atoms with E-state index in [0.29, 0.717) is 0 Å². The second-order valence-electron chi connectivity index (χ2n) is 3.24. The Hall–Kier alpha value is 0.250. The molecule has 0 amide bonds. The fourth-order valence-electron chi connectivity index (χ4n) is 1.36. The molecule has 0 unspecified atom stereocenters. The van der Waals surface area contributed by atoms with E-state index in [0.717, 1.165) is 12.4 Å². The summed E-state index contributed by atoms with van der Waals surface area (Å²) in [5.41, 5.74) is 0. The number of alkyl halides is 1. The highest BCUT2D eigenvalue weighted by molar-refractivity contribution is 6.18. The summed E-state index contributed by atoms with van der Waals surface area (Å²) in [4.78, 5) is 2.46. The predicted octanol–water partition coefficient (Wildman–Crippen LogP) is 3.13. The van der Waals surface area contributed by atoms with E-state index in [1.807, 2.05) is 0 Å². The molecule has 0 N–H and O–H groups in total. The van der Waals surface area contributed by atoms with Gasteiger partial charge in [-0.15, -0.1) is 11.6 Å². The lowest BCUT2D eigenvalue weighted by Crippen LogP contribution is -2.27. The monoisotopic (exact) mass is 191 g/mol. The third-order valence-electron chi connectivity index (χ3n) is 2.02. The van der Waals surface area contributed by atoms with Crippen LogP contribution in [0.3, 0.4) is 0 Å². The molecule has 1 nitrogen and oxygen atoms in total. The number of halogens is 1. The molecule has 0 radical (unpaired) electrons. The first-order chi connectivity index (χ1) is 5.85. The van der Waals surface area contributed by atoms with Gasteiger partial charge in [-0.05, 0) is 25.9 Å². The van der Waals surface area contributed by atoms with Crippen LogP contribution in [0.25, 0.3) is 0 Å². The zero-order chi connectivity index (χ0) is 9.23. The molecule has 0 heterocycles. The molecule has 0 spiro atoms. The van der Waals surface area contributed by atoms with Gasteiger partial charge in [0, 0.05) is 12.4 Å². The molecule has 74 valence electrons. The summed E-state index contributed by atoms with van der Waals surface area (Å²) in [7, 11) is 0. The van der Waals surface area contributed by atoms with Gasteiger partial charge in [0.15, 0.2) is 0 Å². The quantitative estimate of drug-likeness (QED) is 0.421. The third kappa shape index (κ3) is 6.93. The Labute approximate surface area is 82.1 Å². The average molecular weight is 192 g/mol. The normalized spacial score (nSPS) is 11.0. The van der Waals surface area contributed by atoms with E-state index >= 15 is 0 Å². The van der Waals surface area contributed by atoms with E-state index in [2.05, 4.69) is 18.7 Å². The summed E-state index contributed by atoms with van der Waals surface area (Å²) in [6.07, 6.45) is 5.22. The first-order valence-electron chi connectivity index (χ1n) is 5.13. The zero-order valence-electron chi connectivity index (χ0n) is 8.48. The topological polar surface area (TPSA) is 3.24 Å². The molecule has 0 aliphatic heterocycles. The lowest BCUT2D eigenvalue weighted by Gasteiger charge is -2.19. The van der Waals surface area contributed by atoms with Crippen molar-refractivity contribution < 1.29 is 0 Å². The maximum absolute atomic E-state index is 5.70. The molecule has 0 aromatic rings. The van der Waals surface area contributed by atoms with E-state index in [-0.39, 0.29) is 0 Å². The van der Waals surface area contributed by atoms with Gasteiger partial charge >= 0.3 is 0 Å². The standard InChI is InChI=1S/C10H22ClN/c1-3-5-6-9-12(8-4-2)10-7-11/h3-10H2,1-2H3. The van der Waals surface area contributed by atoms with Gasteiger partial charge in [0.2, 0.25) is 0 Å². The average Bonchev–Trinajstić information content (AvgIpc) is 2.06. The lowest BCUT2D eigenvalue weighted by atomic mass is 10.2. The van der Waals surface area contributed by atoms with E-state index in [4.69, 9.17) is 11.6 Å². The Kier molecular flexibility index (Phi) is 9.53. The van der Waals surface area contributed by atoms with Crippen molar-refractivity contribution in [2.45, 2.75) is 39.5 Å². The van der Waals surface area contributed by atoms with E-state index in [9.17, 15) is 0 Å². The van der Waals surface area contributed by atoms with Crippen LogP contribution in [0, 0.1) is 0 Å². The Morgan fingerprint density at radius 2 is 1.67 bits per heavy atom. The smallest absolute Gasteiger partial charge is 0.0351 e. The molecule has 0 aromatic carbocycles. The van der Waals surface area contributed by atoms with Gasteiger partial charge in [-0.2, -0.15) is 0 Å². The number of unbranched alkanes of at least 4 members (excludes halogenated alkanes) is 2. The van der Waals surface area contributed by atoms with Gasteiger partial charge in [-0.25, -0.2) is 0 Å². The van der Waals surface area contributed by atoms with Crippen molar-refractivity contribution in [2.24, 2.45) is 0 Å². The molecule has 2 heteroatoms. The summed E-state index contributed by atoms with van der Waals surface area (Å²) in [6, 6.07) is 0. The van der Waals surface area contributed by atoms with Crippen molar-refractivity contribution in [3.8, 4) is 0 Å². The summed E-state index contributed by atoms with van der Waals surface area (Å²) in [6.45, 7) is 7.96. The van der Waals surface area contributed by atoms with Crippen LogP contribution in [0.5, 0.6) is 0 Å². The molecule has 0 aliphatic carbocycles. The molecule has 0 fully saturated rings. The van der Waals surface area contributed by atoms with Crippen LogP contribution in [0.15, 0.2) is 0 Å². The van der Waals surface area contributed by atoms with Crippen molar-refractivity contribution in [3.63, 3.8) is 0 Å². The molecule has 0 atom stereocenters. The first kappa shape index (κ1) is 12.2. The van der Waals surface area contributed by atoms with Crippen LogP contribution in [0.1, 0.15) is 39.5 Å². The van der Waals surface area contributed by atoms with E-state index in [1.54, 1.807) is 0 Å². The minimum absolute atomic E-state index is 0.770. The third-order valence-corrected chi connectivity index (χ3v) is 2.19. The Morgan fingerprint density at radius 1 is 0.917 bits per heavy atom. The summed E-state index contributed by atoms with van der Waals surface area (Å²) in [5.74, 6) is 0.770. The summed E-state index contributed by atoms with van der Waals surface area (Å²) >= 11 is 5.70. The van der Waals surface area contributed by atoms with Gasteiger partial charge in [0.25, 0.3) is 0 Å². The van der Waals surface area contributed by atoms with Crippen molar-refractivity contribution in [1.29, 1.82) is 0 Å². The predicted molar refractivity (Wildman–Crippen MR) is 57.0 cm³/mol. The zero-order valence-corrected chi connectivity index (χ0v) is 9.24. The van der Waals surface area contributed by atoms with Crippen LogP contribution in [0.4, 0.5) is 0 Å². The molecule has 0 rings (SSSR count). The number of hydrogen-bond acceptors (Lipinski definition) is 1. The van der Waals surface area contributed by atoms with Crippen molar-refractivity contribution >= 4 is 11.6 Å². The van der Waals surface area contributed by atoms with Crippen molar-refractivity contribution in [3.05, 3.63) is 0 Å². The van der Waals surface area contributed by atoms with Crippen LogP contribution < -0.4 is 0 Å². The lowest BCUT2D eigenvalue weighted by molar-refractivity contribution is 0.284. The molecule has 12 heavy (non-hydrogen) atoms. The van der Waals surface area contributed by atoms with Gasteiger partial charge < -0.3 is 4.90 Å². The molecule has 0 aliphatic rings. The fraction of sp³-hybridized carbons (Fsp3) is 1.00. The van der Waals surface area contributed by atoms with Crippen LogP contribution in [-0.4, -0.2) is 30.4 Å². The van der Waals surface area contributed by atoms with Crippen LogP contribution in [0.2, 0.25) is 0 Å². The number of nitrogens with zero attached hydrogens (tertiary/aromatic N) is 1. The fourth-order valence-corrected chi connectivity index (χ4v) is 1.60. The molecular formula is C10H22ClN. The Morgan fingerprint density at radius 3 is 2.17 bits per heavy atom. The van der Waals surface area contributed by atoms with E-state index < -0.39 is 0 Å². The molecular weight excluding hydrogens is 170 g/mol. The highest BCUT2D eigenvalue weighted by Crippen LogP contribution is 1.99. The Bertz CT molecular complexity index is 79.9. The second kappa shape index (κ2) is 9.34. The molecule has 0 saturated heterocycles. The number of rotatable bonds is 8. The largest absolute Gasteiger partial charge is 0.302 e. The molecule has 0 aromatic heterocycles.